The van der Waals surface area contributed by atoms with Crippen molar-refractivity contribution in [2.24, 2.45) is 11.3 Å². The summed E-state index contributed by atoms with van der Waals surface area (Å²) in [5.74, 6) is 1.39. The Morgan fingerprint density at radius 3 is 2.36 bits per heavy atom. The molecule has 3 atom stereocenters. The van der Waals surface area contributed by atoms with Crippen molar-refractivity contribution >= 4 is 11.4 Å². The van der Waals surface area contributed by atoms with E-state index >= 15 is 0 Å². The van der Waals surface area contributed by atoms with Gasteiger partial charge in [-0.3, -0.25) is 10.1 Å². The molecule has 1 N–H and O–H groups in total. The van der Waals surface area contributed by atoms with E-state index in [1.807, 2.05) is 12.1 Å². The van der Waals surface area contributed by atoms with Crippen LogP contribution in [0.25, 0.3) is 0 Å². The molecular formula is C29H40N2O2. The third-order valence-corrected chi connectivity index (χ3v) is 8.74. The van der Waals surface area contributed by atoms with Crippen LogP contribution in [-0.2, 0) is 11.8 Å². The van der Waals surface area contributed by atoms with Gasteiger partial charge in [0, 0.05) is 12.6 Å². The van der Waals surface area contributed by atoms with Gasteiger partial charge in [-0.2, -0.15) is 0 Å². The Balaban J connectivity index is 1.61. The van der Waals surface area contributed by atoms with E-state index in [0.29, 0.717) is 17.5 Å². The van der Waals surface area contributed by atoms with Crippen LogP contribution in [-0.4, -0.2) is 11.5 Å². The zero-order chi connectivity index (χ0) is 24.0. The SMILES string of the molecule is CC(C)c1ccc2c(c1)CC[C@H]1[C@@](C)(CNc3ccc(C(C)C)cc3[N+](=O)[O-])CCC[C@]21C. The summed E-state index contributed by atoms with van der Waals surface area (Å²) in [4.78, 5) is 11.5. The predicted octanol–water partition coefficient (Wildman–Crippen LogP) is 7.96. The highest BCUT2D eigenvalue weighted by Crippen LogP contribution is 2.57. The first-order chi connectivity index (χ1) is 15.5. The monoisotopic (exact) mass is 448 g/mol. The standard InChI is InChI=1S/C29H40N2O2/c1-19(2)21-8-11-24-23(16-21)10-13-27-28(5,14-7-15-29(24,27)6)18-30-25-12-9-22(20(3)4)17-26(25)31(32)33/h8-9,11-12,16-17,19-20,27,30H,7,10,13-15,18H2,1-6H3/t27-,28+,29+/m0/s1. The smallest absolute Gasteiger partial charge is 0.292 e. The fraction of sp³-hybridized carbons (Fsp3) is 0.586. The molecule has 178 valence electrons. The summed E-state index contributed by atoms with van der Waals surface area (Å²) >= 11 is 0. The summed E-state index contributed by atoms with van der Waals surface area (Å²) in [6.45, 7) is 14.3. The van der Waals surface area contributed by atoms with Gasteiger partial charge >= 0.3 is 0 Å². The molecule has 0 aliphatic heterocycles. The van der Waals surface area contributed by atoms with Gasteiger partial charge in [-0.25, -0.2) is 0 Å². The van der Waals surface area contributed by atoms with E-state index in [2.05, 4.69) is 65.1 Å². The van der Waals surface area contributed by atoms with Crippen LogP contribution in [0.4, 0.5) is 11.4 Å². The average Bonchev–Trinajstić information content (AvgIpc) is 2.77. The molecule has 4 nitrogen and oxygen atoms in total. The van der Waals surface area contributed by atoms with Crippen LogP contribution in [0.15, 0.2) is 36.4 Å². The fourth-order valence-corrected chi connectivity index (χ4v) is 6.72. The van der Waals surface area contributed by atoms with E-state index in [9.17, 15) is 10.1 Å². The molecule has 4 rings (SSSR count). The van der Waals surface area contributed by atoms with Crippen molar-refractivity contribution in [3.05, 3.63) is 68.8 Å². The second kappa shape index (κ2) is 8.77. The number of anilines is 1. The topological polar surface area (TPSA) is 55.2 Å². The van der Waals surface area contributed by atoms with Crippen molar-refractivity contribution in [1.29, 1.82) is 0 Å². The summed E-state index contributed by atoms with van der Waals surface area (Å²) in [5.41, 5.74) is 6.64. The molecule has 0 saturated heterocycles. The predicted molar refractivity (Wildman–Crippen MR) is 137 cm³/mol. The summed E-state index contributed by atoms with van der Waals surface area (Å²) in [6, 6.07) is 12.9. The Labute approximate surface area is 199 Å². The molecule has 2 aliphatic carbocycles. The third-order valence-electron chi connectivity index (χ3n) is 8.74. The minimum absolute atomic E-state index is 0.103. The van der Waals surface area contributed by atoms with Crippen molar-refractivity contribution in [3.63, 3.8) is 0 Å². The molecule has 0 aromatic heterocycles. The van der Waals surface area contributed by atoms with Gasteiger partial charge in [-0.15, -0.1) is 0 Å². The second-order valence-corrected chi connectivity index (χ2v) is 11.6. The highest BCUT2D eigenvalue weighted by Gasteiger charge is 2.51. The quantitative estimate of drug-likeness (QED) is 0.360. The number of nitro benzene ring substituents is 1. The Morgan fingerprint density at radius 2 is 1.70 bits per heavy atom. The van der Waals surface area contributed by atoms with Gasteiger partial charge in [0.25, 0.3) is 5.69 Å². The number of nitrogens with one attached hydrogen (secondary N) is 1. The van der Waals surface area contributed by atoms with Crippen LogP contribution in [0.5, 0.6) is 0 Å². The molecule has 0 bridgehead atoms. The summed E-state index contributed by atoms with van der Waals surface area (Å²) in [6.07, 6.45) is 5.92. The first-order valence-corrected chi connectivity index (χ1v) is 12.7. The van der Waals surface area contributed by atoms with Gasteiger partial charge < -0.3 is 5.32 Å². The Hall–Kier alpha value is -2.36. The van der Waals surface area contributed by atoms with Crippen LogP contribution in [0, 0.1) is 21.4 Å². The largest absolute Gasteiger partial charge is 0.379 e. The third kappa shape index (κ3) is 4.29. The summed E-state index contributed by atoms with van der Waals surface area (Å²) in [5, 5.41) is 15.3. The number of benzene rings is 2. The average molecular weight is 449 g/mol. The lowest BCUT2D eigenvalue weighted by atomic mass is 9.49. The van der Waals surface area contributed by atoms with Gasteiger partial charge in [-0.1, -0.05) is 72.2 Å². The Kier molecular flexibility index (Phi) is 6.32. The Morgan fingerprint density at radius 1 is 1.03 bits per heavy atom. The zero-order valence-corrected chi connectivity index (χ0v) is 21.2. The molecule has 0 spiro atoms. The van der Waals surface area contributed by atoms with Crippen molar-refractivity contribution in [2.75, 3.05) is 11.9 Å². The number of fused-ring (bicyclic) bond motifs is 3. The van der Waals surface area contributed by atoms with Crippen molar-refractivity contribution in [1.82, 2.24) is 0 Å². The number of hydrogen-bond acceptors (Lipinski definition) is 3. The van der Waals surface area contributed by atoms with E-state index in [1.54, 1.807) is 11.6 Å². The molecule has 0 amide bonds. The number of rotatable bonds is 6. The van der Waals surface area contributed by atoms with Gasteiger partial charge in [-0.05, 0) is 82.6 Å². The molecular weight excluding hydrogens is 408 g/mol. The molecule has 0 unspecified atom stereocenters. The molecule has 0 heterocycles. The lowest BCUT2D eigenvalue weighted by Gasteiger charge is -2.55. The molecule has 0 radical (unpaired) electrons. The summed E-state index contributed by atoms with van der Waals surface area (Å²) in [7, 11) is 0. The lowest BCUT2D eigenvalue weighted by molar-refractivity contribution is -0.384. The first-order valence-electron chi connectivity index (χ1n) is 12.7. The van der Waals surface area contributed by atoms with Crippen LogP contribution in [0.2, 0.25) is 0 Å². The Bertz CT molecular complexity index is 1040. The van der Waals surface area contributed by atoms with Gasteiger partial charge in [0.05, 0.1) is 4.92 Å². The zero-order valence-electron chi connectivity index (χ0n) is 21.2. The van der Waals surface area contributed by atoms with Gasteiger partial charge in [0.1, 0.15) is 5.69 Å². The maximum absolute atomic E-state index is 11.8. The van der Waals surface area contributed by atoms with Crippen LogP contribution < -0.4 is 5.32 Å². The normalized spacial score (nSPS) is 26.7. The maximum atomic E-state index is 11.8. The fourth-order valence-electron chi connectivity index (χ4n) is 6.72. The lowest BCUT2D eigenvalue weighted by Crippen LogP contribution is -2.51. The molecule has 33 heavy (non-hydrogen) atoms. The molecule has 2 aromatic rings. The molecule has 4 heteroatoms. The number of nitro groups is 1. The number of hydrogen-bond donors (Lipinski definition) is 1. The minimum atomic E-state index is -0.245. The molecule has 2 aromatic carbocycles. The molecule has 1 fully saturated rings. The van der Waals surface area contributed by atoms with Crippen molar-refractivity contribution in [2.45, 2.75) is 90.9 Å². The van der Waals surface area contributed by atoms with E-state index in [0.717, 1.165) is 24.9 Å². The summed E-state index contributed by atoms with van der Waals surface area (Å²) < 4.78 is 0. The van der Waals surface area contributed by atoms with Crippen LogP contribution >= 0.6 is 0 Å². The van der Waals surface area contributed by atoms with Crippen LogP contribution in [0.1, 0.15) is 101 Å². The van der Waals surface area contributed by atoms with Crippen molar-refractivity contribution < 1.29 is 4.92 Å². The van der Waals surface area contributed by atoms with E-state index in [-0.39, 0.29) is 27.4 Å². The van der Waals surface area contributed by atoms with Gasteiger partial charge in [0.15, 0.2) is 0 Å². The van der Waals surface area contributed by atoms with Crippen LogP contribution in [0.3, 0.4) is 0 Å². The number of aryl methyl sites for hydroxylation is 1. The van der Waals surface area contributed by atoms with E-state index < -0.39 is 0 Å². The molecule has 2 aliphatic rings. The van der Waals surface area contributed by atoms with E-state index in [4.69, 9.17) is 0 Å². The molecule has 1 saturated carbocycles. The maximum Gasteiger partial charge on any atom is 0.292 e. The second-order valence-electron chi connectivity index (χ2n) is 11.6. The van der Waals surface area contributed by atoms with Gasteiger partial charge in [0.2, 0.25) is 0 Å². The highest BCUT2D eigenvalue weighted by atomic mass is 16.6. The van der Waals surface area contributed by atoms with E-state index in [1.165, 1.54) is 30.4 Å². The van der Waals surface area contributed by atoms with Crippen molar-refractivity contribution in [3.8, 4) is 0 Å². The highest BCUT2D eigenvalue weighted by molar-refractivity contribution is 5.63. The number of nitrogens with zero attached hydrogens (tertiary/aromatic N) is 1. The first kappa shape index (κ1) is 23.8. The minimum Gasteiger partial charge on any atom is -0.379 e.